The van der Waals surface area contributed by atoms with Gasteiger partial charge in [0.15, 0.2) is 0 Å². The molecule has 27 heavy (non-hydrogen) atoms. The maximum Gasteiger partial charge on any atom is 0.227 e. The van der Waals surface area contributed by atoms with Crippen molar-refractivity contribution in [3.8, 4) is 0 Å². The van der Waals surface area contributed by atoms with Gasteiger partial charge in [0.2, 0.25) is 11.8 Å². The summed E-state index contributed by atoms with van der Waals surface area (Å²) in [6, 6.07) is 19.6. The number of hydrogen-bond acceptors (Lipinski definition) is 3. The zero-order chi connectivity index (χ0) is 19.2. The lowest BCUT2D eigenvalue weighted by Crippen LogP contribution is -2.42. The van der Waals surface area contributed by atoms with Crippen molar-refractivity contribution < 1.29 is 9.59 Å². The first-order valence-electron chi connectivity index (χ1n) is 9.49. The molecule has 5 nitrogen and oxygen atoms in total. The van der Waals surface area contributed by atoms with Crippen molar-refractivity contribution >= 4 is 23.2 Å². The van der Waals surface area contributed by atoms with Crippen LogP contribution in [0.25, 0.3) is 0 Å². The SMILES string of the molecule is CC(C)C(CNC(=O)C1CC(=O)N(c2ccccc2)C1)Nc1ccccc1. The van der Waals surface area contributed by atoms with E-state index >= 15 is 0 Å². The third-order valence-corrected chi connectivity index (χ3v) is 4.99. The summed E-state index contributed by atoms with van der Waals surface area (Å²) in [5, 5.41) is 6.51. The molecule has 0 aromatic heterocycles. The van der Waals surface area contributed by atoms with E-state index in [9.17, 15) is 9.59 Å². The molecule has 5 heteroatoms. The first kappa shape index (κ1) is 19.0. The highest BCUT2D eigenvalue weighted by atomic mass is 16.2. The molecule has 142 valence electrons. The number of carbonyl (C=O) groups is 2. The van der Waals surface area contributed by atoms with Crippen molar-refractivity contribution in [1.82, 2.24) is 5.32 Å². The first-order valence-corrected chi connectivity index (χ1v) is 9.49. The molecule has 2 N–H and O–H groups in total. The maximum atomic E-state index is 12.6. The number of nitrogens with zero attached hydrogens (tertiary/aromatic N) is 1. The predicted molar refractivity (Wildman–Crippen MR) is 109 cm³/mol. The van der Waals surface area contributed by atoms with Gasteiger partial charge in [-0.25, -0.2) is 0 Å². The Labute approximate surface area is 160 Å². The summed E-state index contributed by atoms with van der Waals surface area (Å²) in [7, 11) is 0. The monoisotopic (exact) mass is 365 g/mol. The molecule has 2 aromatic carbocycles. The number of hydrogen-bond donors (Lipinski definition) is 2. The number of amides is 2. The Morgan fingerprint density at radius 1 is 1.07 bits per heavy atom. The molecular weight excluding hydrogens is 338 g/mol. The third kappa shape index (κ3) is 4.88. The molecule has 0 bridgehead atoms. The fourth-order valence-electron chi connectivity index (χ4n) is 3.30. The highest BCUT2D eigenvalue weighted by Crippen LogP contribution is 2.25. The van der Waals surface area contributed by atoms with E-state index in [0.717, 1.165) is 11.4 Å². The van der Waals surface area contributed by atoms with Gasteiger partial charge in [0.05, 0.1) is 5.92 Å². The van der Waals surface area contributed by atoms with E-state index < -0.39 is 0 Å². The van der Waals surface area contributed by atoms with E-state index in [-0.39, 0.29) is 30.2 Å². The van der Waals surface area contributed by atoms with Crippen molar-refractivity contribution in [3.63, 3.8) is 0 Å². The highest BCUT2D eigenvalue weighted by molar-refractivity contribution is 6.00. The zero-order valence-electron chi connectivity index (χ0n) is 15.9. The molecule has 0 aliphatic carbocycles. The predicted octanol–water partition coefficient (Wildman–Crippen LogP) is 3.29. The smallest absolute Gasteiger partial charge is 0.227 e. The largest absolute Gasteiger partial charge is 0.380 e. The number of anilines is 2. The molecule has 2 aromatic rings. The fraction of sp³-hybridized carbons (Fsp3) is 0.364. The van der Waals surface area contributed by atoms with Crippen LogP contribution in [0.15, 0.2) is 60.7 Å². The number of rotatable bonds is 7. The van der Waals surface area contributed by atoms with E-state index in [1.807, 2.05) is 60.7 Å². The molecule has 1 heterocycles. The second kappa shape index (κ2) is 8.71. The molecule has 1 saturated heterocycles. The van der Waals surface area contributed by atoms with E-state index in [4.69, 9.17) is 0 Å². The van der Waals surface area contributed by atoms with Crippen LogP contribution in [-0.4, -0.2) is 30.9 Å². The quantitative estimate of drug-likeness (QED) is 0.791. The van der Waals surface area contributed by atoms with Gasteiger partial charge in [0.1, 0.15) is 0 Å². The zero-order valence-corrected chi connectivity index (χ0v) is 15.9. The van der Waals surface area contributed by atoms with E-state index in [1.165, 1.54) is 0 Å². The van der Waals surface area contributed by atoms with Gasteiger partial charge in [0.25, 0.3) is 0 Å². The van der Waals surface area contributed by atoms with Gasteiger partial charge in [-0.1, -0.05) is 50.2 Å². The number of para-hydroxylation sites is 2. The number of nitrogens with one attached hydrogen (secondary N) is 2. The summed E-state index contributed by atoms with van der Waals surface area (Å²) in [5.41, 5.74) is 1.89. The minimum atomic E-state index is -0.303. The summed E-state index contributed by atoms with van der Waals surface area (Å²) in [6.45, 7) is 5.22. The van der Waals surface area contributed by atoms with Crippen LogP contribution in [0, 0.1) is 11.8 Å². The average molecular weight is 365 g/mol. The Balaban J connectivity index is 1.56. The Kier molecular flexibility index (Phi) is 6.12. The molecule has 1 aliphatic heterocycles. The molecule has 1 fully saturated rings. The van der Waals surface area contributed by atoms with Crippen LogP contribution in [0.1, 0.15) is 20.3 Å². The Hall–Kier alpha value is -2.82. The Morgan fingerprint density at radius 2 is 1.70 bits per heavy atom. The van der Waals surface area contributed by atoms with E-state index in [0.29, 0.717) is 19.0 Å². The van der Waals surface area contributed by atoms with Crippen LogP contribution < -0.4 is 15.5 Å². The van der Waals surface area contributed by atoms with Crippen molar-refractivity contribution in [2.75, 3.05) is 23.3 Å². The summed E-state index contributed by atoms with van der Waals surface area (Å²) in [6.07, 6.45) is 0.263. The number of benzene rings is 2. The Bertz CT molecular complexity index is 762. The van der Waals surface area contributed by atoms with Crippen LogP contribution in [0.2, 0.25) is 0 Å². The second-order valence-electron chi connectivity index (χ2n) is 7.35. The van der Waals surface area contributed by atoms with Gasteiger partial charge in [-0.3, -0.25) is 9.59 Å². The summed E-state index contributed by atoms with van der Waals surface area (Å²) in [5.74, 6) is 0.00485. The molecule has 0 saturated carbocycles. The molecule has 1 aliphatic rings. The topological polar surface area (TPSA) is 61.4 Å². The van der Waals surface area contributed by atoms with Crippen LogP contribution in [0.5, 0.6) is 0 Å². The highest BCUT2D eigenvalue weighted by Gasteiger charge is 2.35. The van der Waals surface area contributed by atoms with Crippen LogP contribution in [0.4, 0.5) is 11.4 Å². The Morgan fingerprint density at radius 3 is 2.33 bits per heavy atom. The lowest BCUT2D eigenvalue weighted by Gasteiger charge is -2.24. The minimum Gasteiger partial charge on any atom is -0.380 e. The summed E-state index contributed by atoms with van der Waals surface area (Å²) < 4.78 is 0. The number of carbonyl (C=O) groups excluding carboxylic acids is 2. The molecule has 0 radical (unpaired) electrons. The molecule has 3 rings (SSSR count). The van der Waals surface area contributed by atoms with Crippen molar-refractivity contribution in [2.24, 2.45) is 11.8 Å². The van der Waals surface area contributed by atoms with Crippen molar-refractivity contribution in [3.05, 3.63) is 60.7 Å². The van der Waals surface area contributed by atoms with Gasteiger partial charge in [-0.05, 0) is 30.2 Å². The van der Waals surface area contributed by atoms with E-state index in [1.54, 1.807) is 4.90 Å². The summed E-state index contributed by atoms with van der Waals surface area (Å²) >= 11 is 0. The molecule has 2 unspecified atom stereocenters. The lowest BCUT2D eigenvalue weighted by molar-refractivity contribution is -0.126. The van der Waals surface area contributed by atoms with Crippen LogP contribution in [0.3, 0.4) is 0 Å². The molecule has 0 spiro atoms. The molecular formula is C22H27N3O2. The summed E-state index contributed by atoms with van der Waals surface area (Å²) in [4.78, 5) is 26.6. The van der Waals surface area contributed by atoms with Gasteiger partial charge >= 0.3 is 0 Å². The van der Waals surface area contributed by atoms with Gasteiger partial charge in [-0.15, -0.1) is 0 Å². The normalized spacial score (nSPS) is 17.8. The minimum absolute atomic E-state index is 0.00386. The van der Waals surface area contributed by atoms with Crippen molar-refractivity contribution in [2.45, 2.75) is 26.3 Å². The first-order chi connectivity index (χ1) is 13.0. The van der Waals surface area contributed by atoms with Gasteiger partial charge in [-0.2, -0.15) is 0 Å². The fourth-order valence-corrected chi connectivity index (χ4v) is 3.30. The molecule has 2 amide bonds. The van der Waals surface area contributed by atoms with Gasteiger partial charge < -0.3 is 15.5 Å². The van der Waals surface area contributed by atoms with Crippen LogP contribution in [-0.2, 0) is 9.59 Å². The second-order valence-corrected chi connectivity index (χ2v) is 7.35. The third-order valence-electron chi connectivity index (χ3n) is 4.99. The van der Waals surface area contributed by atoms with E-state index in [2.05, 4.69) is 24.5 Å². The molecule has 2 atom stereocenters. The standard InChI is InChI=1S/C22H27N3O2/c1-16(2)20(24-18-9-5-3-6-10-18)14-23-22(27)17-13-21(26)25(15-17)19-11-7-4-8-12-19/h3-12,16-17,20,24H,13-15H2,1-2H3,(H,23,27). The lowest BCUT2D eigenvalue weighted by atomic mass is 10.0. The maximum absolute atomic E-state index is 12.6. The average Bonchev–Trinajstić information content (AvgIpc) is 3.08. The van der Waals surface area contributed by atoms with Crippen molar-refractivity contribution in [1.29, 1.82) is 0 Å². The van der Waals surface area contributed by atoms with Crippen LogP contribution >= 0.6 is 0 Å². The van der Waals surface area contributed by atoms with Gasteiger partial charge in [0, 0.05) is 36.9 Å².